The van der Waals surface area contributed by atoms with Gasteiger partial charge in [-0.2, -0.15) is 0 Å². The third-order valence-electron chi connectivity index (χ3n) is 4.83. The number of phenols is 1. The fourth-order valence-electron chi connectivity index (χ4n) is 3.19. The molecule has 0 bridgehead atoms. The molecule has 0 saturated heterocycles. The second-order valence-corrected chi connectivity index (χ2v) is 6.83. The Morgan fingerprint density at radius 1 is 1.18 bits per heavy atom. The molecule has 0 unspecified atom stereocenters. The van der Waals surface area contributed by atoms with E-state index in [0.717, 1.165) is 24.1 Å². The van der Waals surface area contributed by atoms with Crippen LogP contribution in [-0.2, 0) is 9.53 Å². The summed E-state index contributed by atoms with van der Waals surface area (Å²) in [5.74, 6) is -0.296. The third-order valence-corrected chi connectivity index (χ3v) is 4.83. The Hall–Kier alpha value is -3.12. The molecule has 1 amide bonds. The molecule has 1 heterocycles. The number of carbonyl (C=O) groups is 2. The largest absolute Gasteiger partial charge is 0.508 e. The zero-order valence-corrected chi connectivity index (χ0v) is 16.1. The molecule has 6 heteroatoms. The van der Waals surface area contributed by atoms with E-state index in [4.69, 9.17) is 4.74 Å². The first-order chi connectivity index (χ1) is 13.5. The number of hydrogen-bond donors (Lipinski definition) is 2. The van der Waals surface area contributed by atoms with Crippen LogP contribution in [0.3, 0.4) is 0 Å². The Morgan fingerprint density at radius 3 is 2.57 bits per heavy atom. The average molecular weight is 380 g/mol. The molecule has 0 radical (unpaired) electrons. The minimum Gasteiger partial charge on any atom is -0.508 e. The molecule has 0 aliphatic carbocycles. The Morgan fingerprint density at radius 2 is 1.93 bits per heavy atom. The lowest BCUT2D eigenvalue weighted by molar-refractivity contribution is -0.117. The van der Waals surface area contributed by atoms with Gasteiger partial charge in [0.05, 0.1) is 19.2 Å². The molecule has 2 aromatic carbocycles. The smallest absolute Gasteiger partial charge is 0.337 e. The van der Waals surface area contributed by atoms with Crippen molar-refractivity contribution in [1.29, 1.82) is 0 Å². The number of nitrogens with one attached hydrogen (secondary N) is 1. The van der Waals surface area contributed by atoms with E-state index >= 15 is 0 Å². The van der Waals surface area contributed by atoms with Crippen LogP contribution in [0.1, 0.15) is 27.9 Å². The number of anilines is 1. The molecule has 1 aliphatic heterocycles. The number of rotatable bonds is 5. The molecule has 2 aromatic rings. The molecule has 146 valence electrons. The van der Waals surface area contributed by atoms with Crippen molar-refractivity contribution in [2.45, 2.75) is 13.3 Å². The second kappa shape index (κ2) is 8.71. The van der Waals surface area contributed by atoms with Crippen LogP contribution in [-0.4, -0.2) is 48.6 Å². The van der Waals surface area contributed by atoms with Gasteiger partial charge in [0, 0.05) is 18.8 Å². The Labute approximate surface area is 164 Å². The van der Waals surface area contributed by atoms with Crippen LogP contribution in [0.25, 0.3) is 5.57 Å². The SMILES string of the molecule is COC(=O)c1ccc(C)c(NC(=O)CN2CC=C(c3ccc(O)cc3)CC2)c1. The fraction of sp³-hybridized carbons (Fsp3) is 0.273. The molecule has 6 nitrogen and oxygen atoms in total. The van der Waals surface area contributed by atoms with Crippen molar-refractivity contribution in [1.82, 2.24) is 4.90 Å². The summed E-state index contributed by atoms with van der Waals surface area (Å²) >= 11 is 0. The van der Waals surface area contributed by atoms with Crippen LogP contribution < -0.4 is 5.32 Å². The van der Waals surface area contributed by atoms with E-state index in [9.17, 15) is 14.7 Å². The van der Waals surface area contributed by atoms with E-state index in [1.807, 2.05) is 19.1 Å². The molecule has 0 saturated carbocycles. The van der Waals surface area contributed by atoms with Gasteiger partial charge in [0.15, 0.2) is 0 Å². The number of amides is 1. The molecular weight excluding hydrogens is 356 g/mol. The predicted octanol–water partition coefficient (Wildman–Crippen LogP) is 3.22. The van der Waals surface area contributed by atoms with E-state index < -0.39 is 5.97 Å². The van der Waals surface area contributed by atoms with E-state index in [0.29, 0.717) is 17.8 Å². The lowest BCUT2D eigenvalue weighted by Gasteiger charge is -2.26. The van der Waals surface area contributed by atoms with Crippen LogP contribution in [0.4, 0.5) is 5.69 Å². The fourth-order valence-corrected chi connectivity index (χ4v) is 3.19. The maximum Gasteiger partial charge on any atom is 0.337 e. The Bertz CT molecular complexity index is 903. The second-order valence-electron chi connectivity index (χ2n) is 6.83. The number of esters is 1. The van der Waals surface area contributed by atoms with Crippen molar-refractivity contribution in [3.8, 4) is 5.75 Å². The molecule has 2 N–H and O–H groups in total. The van der Waals surface area contributed by atoms with E-state index in [-0.39, 0.29) is 18.2 Å². The number of ether oxygens (including phenoxy) is 1. The number of phenolic OH excluding ortho intramolecular Hbond substituents is 1. The summed E-state index contributed by atoms with van der Waals surface area (Å²) in [6.45, 7) is 3.62. The molecule has 28 heavy (non-hydrogen) atoms. The summed E-state index contributed by atoms with van der Waals surface area (Å²) in [5.41, 5.74) is 4.22. The molecule has 3 rings (SSSR count). The van der Waals surface area contributed by atoms with E-state index in [1.54, 1.807) is 30.3 Å². The number of benzene rings is 2. The lowest BCUT2D eigenvalue weighted by Crippen LogP contribution is -2.36. The molecule has 0 aromatic heterocycles. The standard InChI is InChI=1S/C22H24N2O4/c1-15-3-4-18(22(27)28-2)13-20(15)23-21(26)14-24-11-9-17(10-12-24)16-5-7-19(25)8-6-16/h3-9,13,25H,10-12,14H2,1-2H3,(H,23,26). The van der Waals surface area contributed by atoms with Gasteiger partial charge in [-0.3, -0.25) is 9.69 Å². The van der Waals surface area contributed by atoms with Crippen LogP contribution in [0, 0.1) is 6.92 Å². The zero-order valence-electron chi connectivity index (χ0n) is 16.1. The monoisotopic (exact) mass is 380 g/mol. The van der Waals surface area contributed by atoms with Gasteiger partial charge in [-0.1, -0.05) is 24.3 Å². The number of carbonyl (C=O) groups excluding carboxylic acids is 2. The van der Waals surface area contributed by atoms with Crippen molar-refractivity contribution in [3.63, 3.8) is 0 Å². The summed E-state index contributed by atoms with van der Waals surface area (Å²) < 4.78 is 4.73. The van der Waals surface area contributed by atoms with Crippen molar-refractivity contribution in [2.75, 3.05) is 32.1 Å². The number of hydrogen-bond acceptors (Lipinski definition) is 5. The Kier molecular flexibility index (Phi) is 6.11. The Balaban J connectivity index is 1.59. The van der Waals surface area contributed by atoms with Crippen LogP contribution in [0.15, 0.2) is 48.5 Å². The summed E-state index contributed by atoms with van der Waals surface area (Å²) in [4.78, 5) is 26.2. The van der Waals surface area contributed by atoms with Crippen molar-refractivity contribution < 1.29 is 19.4 Å². The number of methoxy groups -OCH3 is 1. The molecule has 0 fully saturated rings. The van der Waals surface area contributed by atoms with Gasteiger partial charge in [-0.25, -0.2) is 4.79 Å². The van der Waals surface area contributed by atoms with Crippen molar-refractivity contribution in [3.05, 3.63) is 65.2 Å². The van der Waals surface area contributed by atoms with Gasteiger partial charge in [-0.05, 0) is 54.3 Å². The van der Waals surface area contributed by atoms with Crippen molar-refractivity contribution >= 4 is 23.1 Å². The van der Waals surface area contributed by atoms with Gasteiger partial charge in [0.25, 0.3) is 0 Å². The summed E-state index contributed by atoms with van der Waals surface area (Å²) in [6, 6.07) is 12.3. The van der Waals surface area contributed by atoms with Crippen molar-refractivity contribution in [2.24, 2.45) is 0 Å². The average Bonchev–Trinajstić information content (AvgIpc) is 2.70. The molecule has 0 atom stereocenters. The van der Waals surface area contributed by atoms with Gasteiger partial charge < -0.3 is 15.2 Å². The van der Waals surface area contributed by atoms with E-state index in [1.165, 1.54) is 12.7 Å². The highest BCUT2D eigenvalue weighted by Gasteiger charge is 2.17. The first-order valence-corrected chi connectivity index (χ1v) is 9.16. The maximum atomic E-state index is 12.5. The summed E-state index contributed by atoms with van der Waals surface area (Å²) in [5, 5.41) is 12.3. The third kappa shape index (κ3) is 4.78. The van der Waals surface area contributed by atoms with Crippen LogP contribution in [0.2, 0.25) is 0 Å². The number of aromatic hydroxyl groups is 1. The highest BCUT2D eigenvalue weighted by atomic mass is 16.5. The van der Waals surface area contributed by atoms with Gasteiger partial charge in [0.2, 0.25) is 5.91 Å². The van der Waals surface area contributed by atoms with E-state index in [2.05, 4.69) is 16.3 Å². The minimum atomic E-state index is -0.432. The van der Waals surface area contributed by atoms with Gasteiger partial charge in [-0.15, -0.1) is 0 Å². The summed E-state index contributed by atoms with van der Waals surface area (Å²) in [6.07, 6.45) is 2.96. The quantitative estimate of drug-likeness (QED) is 0.779. The van der Waals surface area contributed by atoms with Crippen LogP contribution >= 0.6 is 0 Å². The number of aryl methyl sites for hydroxylation is 1. The van der Waals surface area contributed by atoms with Gasteiger partial charge >= 0.3 is 5.97 Å². The van der Waals surface area contributed by atoms with Crippen LogP contribution in [0.5, 0.6) is 5.75 Å². The van der Waals surface area contributed by atoms with Gasteiger partial charge in [0.1, 0.15) is 5.75 Å². The predicted molar refractivity (Wildman–Crippen MR) is 108 cm³/mol. The highest BCUT2D eigenvalue weighted by Crippen LogP contribution is 2.24. The first-order valence-electron chi connectivity index (χ1n) is 9.16. The maximum absolute atomic E-state index is 12.5. The first kappa shape index (κ1) is 19.6. The highest BCUT2D eigenvalue weighted by molar-refractivity contribution is 5.96. The zero-order chi connectivity index (χ0) is 20.1. The molecular formula is C22H24N2O4. The lowest BCUT2D eigenvalue weighted by atomic mass is 9.99. The normalized spacial score (nSPS) is 14.3. The number of nitrogens with zero attached hydrogens (tertiary/aromatic N) is 1. The molecule has 1 aliphatic rings. The molecule has 0 spiro atoms. The topological polar surface area (TPSA) is 78.9 Å². The summed E-state index contributed by atoms with van der Waals surface area (Å²) in [7, 11) is 1.33. The minimum absolute atomic E-state index is 0.119.